The van der Waals surface area contributed by atoms with E-state index in [0.29, 0.717) is 0 Å². The number of hydrogen-bond donors (Lipinski definition) is 1. The molecule has 0 fully saturated rings. The van der Waals surface area contributed by atoms with Gasteiger partial charge in [-0.25, -0.2) is 8.42 Å². The number of aryl methyl sites for hydroxylation is 1. The summed E-state index contributed by atoms with van der Waals surface area (Å²) in [4.78, 5) is 0. The first-order chi connectivity index (χ1) is 5.18. The Morgan fingerprint density at radius 3 is 2.64 bits per heavy atom. The molecule has 1 aromatic rings. The average Bonchev–Trinajstić information content (AvgIpc) is 1.85. The van der Waals surface area contributed by atoms with Crippen molar-refractivity contribution in [1.82, 2.24) is 0 Å². The highest BCUT2D eigenvalue weighted by atomic mass is 32.2. The predicted molar refractivity (Wildman–Crippen MR) is 45.2 cm³/mol. The van der Waals surface area contributed by atoms with Crippen LogP contribution >= 0.6 is 0 Å². The molecule has 0 radical (unpaired) electrons. The summed E-state index contributed by atoms with van der Waals surface area (Å²) in [5.41, 5.74) is 1.96. The molecule has 0 atom stereocenters. The van der Waals surface area contributed by atoms with Crippen LogP contribution in [0.15, 0.2) is 24.3 Å². The molecule has 1 aromatic carbocycles. The Balaban J connectivity index is 2.87. The SMILES string of the molecule is Cc1cccc(C[SH](=O)=O)c1. The molecule has 0 heterocycles. The Hall–Kier alpha value is -0.830. The minimum Gasteiger partial charge on any atom is -0.232 e. The second-order valence-electron chi connectivity index (χ2n) is 2.48. The third-order valence-electron chi connectivity index (χ3n) is 1.39. The highest BCUT2D eigenvalue weighted by Crippen LogP contribution is 2.04. The maximum Gasteiger partial charge on any atom is 0.144 e. The molecule has 0 aliphatic heterocycles. The van der Waals surface area contributed by atoms with Crippen molar-refractivity contribution < 1.29 is 8.42 Å². The fraction of sp³-hybridized carbons (Fsp3) is 0.250. The van der Waals surface area contributed by atoms with E-state index < -0.39 is 10.7 Å². The van der Waals surface area contributed by atoms with Crippen molar-refractivity contribution in [2.45, 2.75) is 12.7 Å². The monoisotopic (exact) mass is 170 g/mol. The van der Waals surface area contributed by atoms with E-state index in [2.05, 4.69) is 0 Å². The average molecular weight is 170 g/mol. The van der Waals surface area contributed by atoms with Crippen LogP contribution in [0.2, 0.25) is 0 Å². The van der Waals surface area contributed by atoms with E-state index in [0.717, 1.165) is 11.1 Å². The van der Waals surface area contributed by atoms with Crippen molar-refractivity contribution in [1.29, 1.82) is 0 Å². The Morgan fingerprint density at radius 1 is 1.36 bits per heavy atom. The Labute approximate surface area is 67.8 Å². The summed E-state index contributed by atoms with van der Waals surface area (Å²) in [7, 11) is -2.29. The smallest absolute Gasteiger partial charge is 0.144 e. The third kappa shape index (κ3) is 2.72. The largest absolute Gasteiger partial charge is 0.232 e. The molecular weight excluding hydrogens is 160 g/mol. The van der Waals surface area contributed by atoms with E-state index in [1.165, 1.54) is 0 Å². The summed E-state index contributed by atoms with van der Waals surface area (Å²) >= 11 is 0. The molecule has 1 rings (SSSR count). The van der Waals surface area contributed by atoms with Crippen LogP contribution in [0.5, 0.6) is 0 Å². The summed E-state index contributed by atoms with van der Waals surface area (Å²) in [5.74, 6) is 0.150. The van der Waals surface area contributed by atoms with E-state index in [1.54, 1.807) is 0 Å². The van der Waals surface area contributed by atoms with Gasteiger partial charge in [-0.15, -0.1) is 0 Å². The van der Waals surface area contributed by atoms with Crippen molar-refractivity contribution >= 4 is 10.7 Å². The molecule has 0 aromatic heterocycles. The zero-order valence-electron chi connectivity index (χ0n) is 6.28. The summed E-state index contributed by atoms with van der Waals surface area (Å²) < 4.78 is 20.6. The highest BCUT2D eigenvalue weighted by Gasteiger charge is 1.92. The van der Waals surface area contributed by atoms with Gasteiger partial charge in [-0.3, -0.25) is 0 Å². The molecule has 0 amide bonds. The van der Waals surface area contributed by atoms with Crippen LogP contribution in [0.1, 0.15) is 11.1 Å². The van der Waals surface area contributed by atoms with Gasteiger partial charge in [0, 0.05) is 0 Å². The first-order valence-electron chi connectivity index (χ1n) is 3.36. The summed E-state index contributed by atoms with van der Waals surface area (Å²) in [6.45, 7) is 1.95. The van der Waals surface area contributed by atoms with Gasteiger partial charge < -0.3 is 0 Å². The van der Waals surface area contributed by atoms with Gasteiger partial charge in [0.1, 0.15) is 10.7 Å². The quantitative estimate of drug-likeness (QED) is 0.674. The molecule has 2 nitrogen and oxygen atoms in total. The fourth-order valence-corrected chi connectivity index (χ4v) is 1.45. The van der Waals surface area contributed by atoms with Gasteiger partial charge in [0.2, 0.25) is 0 Å². The molecule has 0 spiro atoms. The molecule has 0 aliphatic rings. The first kappa shape index (κ1) is 8.27. The van der Waals surface area contributed by atoms with Gasteiger partial charge in [0.15, 0.2) is 0 Å². The third-order valence-corrected chi connectivity index (χ3v) is 2.02. The maximum absolute atomic E-state index is 10.3. The minimum atomic E-state index is -2.29. The van der Waals surface area contributed by atoms with Crippen LogP contribution in [0.4, 0.5) is 0 Å². The van der Waals surface area contributed by atoms with Crippen molar-refractivity contribution in [3.8, 4) is 0 Å². The molecule has 0 N–H and O–H groups in total. The van der Waals surface area contributed by atoms with Crippen LogP contribution in [0.3, 0.4) is 0 Å². The predicted octanol–water partition coefficient (Wildman–Crippen LogP) is 1.11. The lowest BCUT2D eigenvalue weighted by Crippen LogP contribution is -1.86. The molecular formula is C8H10O2S. The second kappa shape index (κ2) is 3.53. The van der Waals surface area contributed by atoms with Gasteiger partial charge in [-0.1, -0.05) is 29.8 Å². The molecule has 0 saturated carbocycles. The molecule has 0 saturated heterocycles. The number of rotatable bonds is 2. The van der Waals surface area contributed by atoms with Crippen molar-refractivity contribution in [3.05, 3.63) is 35.4 Å². The normalized spacial score (nSPS) is 10.4. The lowest BCUT2D eigenvalue weighted by atomic mass is 10.2. The van der Waals surface area contributed by atoms with Gasteiger partial charge in [0.05, 0.1) is 5.75 Å². The highest BCUT2D eigenvalue weighted by molar-refractivity contribution is 7.71. The van der Waals surface area contributed by atoms with Crippen LogP contribution in [-0.2, 0) is 16.5 Å². The van der Waals surface area contributed by atoms with Gasteiger partial charge in [0.25, 0.3) is 0 Å². The zero-order chi connectivity index (χ0) is 8.27. The number of thiol groups is 1. The van der Waals surface area contributed by atoms with Crippen molar-refractivity contribution in [2.24, 2.45) is 0 Å². The lowest BCUT2D eigenvalue weighted by molar-refractivity contribution is 0.614. The zero-order valence-corrected chi connectivity index (χ0v) is 7.17. The number of benzene rings is 1. The first-order valence-corrected chi connectivity index (χ1v) is 4.72. The summed E-state index contributed by atoms with van der Waals surface area (Å²) in [5, 5.41) is 0. The molecule has 0 bridgehead atoms. The Kier molecular flexibility index (Phi) is 2.65. The van der Waals surface area contributed by atoms with Gasteiger partial charge >= 0.3 is 0 Å². The van der Waals surface area contributed by atoms with Crippen molar-refractivity contribution in [2.75, 3.05) is 0 Å². The fourth-order valence-electron chi connectivity index (χ4n) is 0.960. The minimum absolute atomic E-state index is 0.150. The topological polar surface area (TPSA) is 34.1 Å². The van der Waals surface area contributed by atoms with E-state index in [9.17, 15) is 8.42 Å². The van der Waals surface area contributed by atoms with E-state index >= 15 is 0 Å². The standard InChI is InChI=1S/C8H10O2S/c1-7-3-2-4-8(5-7)6-11(9)10/h2-5,11H,6H2,1H3. The second-order valence-corrected chi connectivity index (χ2v) is 3.46. The van der Waals surface area contributed by atoms with Crippen LogP contribution in [0, 0.1) is 6.92 Å². The van der Waals surface area contributed by atoms with Crippen molar-refractivity contribution in [3.63, 3.8) is 0 Å². The molecule has 0 unspecified atom stereocenters. The molecule has 3 heteroatoms. The van der Waals surface area contributed by atoms with E-state index in [1.807, 2.05) is 31.2 Å². The molecule has 11 heavy (non-hydrogen) atoms. The van der Waals surface area contributed by atoms with E-state index in [-0.39, 0.29) is 5.75 Å². The molecule has 0 aliphatic carbocycles. The van der Waals surface area contributed by atoms with Crippen LogP contribution in [0.25, 0.3) is 0 Å². The Morgan fingerprint density at radius 2 is 2.09 bits per heavy atom. The lowest BCUT2D eigenvalue weighted by Gasteiger charge is -1.95. The summed E-state index contributed by atoms with van der Waals surface area (Å²) in [6.07, 6.45) is 0. The summed E-state index contributed by atoms with van der Waals surface area (Å²) in [6, 6.07) is 7.51. The van der Waals surface area contributed by atoms with Crippen LogP contribution < -0.4 is 0 Å². The number of hydrogen-bond acceptors (Lipinski definition) is 2. The molecule has 60 valence electrons. The van der Waals surface area contributed by atoms with E-state index in [4.69, 9.17) is 0 Å². The maximum atomic E-state index is 10.3. The Bertz CT molecular complexity index is 308. The van der Waals surface area contributed by atoms with Crippen LogP contribution in [-0.4, -0.2) is 8.42 Å². The van der Waals surface area contributed by atoms with Gasteiger partial charge in [-0.05, 0) is 12.5 Å². The van der Waals surface area contributed by atoms with Gasteiger partial charge in [-0.2, -0.15) is 0 Å².